The van der Waals surface area contributed by atoms with Gasteiger partial charge in [-0.05, 0) is 31.4 Å². The third-order valence-electron chi connectivity index (χ3n) is 3.59. The first-order valence-electron chi connectivity index (χ1n) is 6.59. The molecule has 0 radical (unpaired) electrons. The average molecular weight is 275 g/mol. The first-order chi connectivity index (χ1) is 9.29. The molecule has 1 fully saturated rings. The maximum atomic E-state index is 11.3. The fraction of sp³-hybridized carbons (Fsp3) is 0.333. The molecule has 2 aromatic rings. The fourth-order valence-corrected chi connectivity index (χ4v) is 2.84. The van der Waals surface area contributed by atoms with Crippen molar-refractivity contribution in [3.8, 4) is 0 Å². The minimum absolute atomic E-state index is 0.633. The topological polar surface area (TPSA) is 33.2 Å². The molecule has 0 N–H and O–H groups in total. The van der Waals surface area contributed by atoms with Crippen LogP contribution < -0.4 is 4.90 Å². The summed E-state index contributed by atoms with van der Waals surface area (Å²) in [5, 5.41) is 1.54. The Balaban J connectivity index is 2.15. The van der Waals surface area contributed by atoms with E-state index in [0.29, 0.717) is 10.6 Å². The Morgan fingerprint density at radius 1 is 1.21 bits per heavy atom. The number of piperidine rings is 1. The summed E-state index contributed by atoms with van der Waals surface area (Å²) >= 11 is 6.19. The molecular weight excluding hydrogens is 260 g/mol. The quantitative estimate of drug-likeness (QED) is 0.783. The van der Waals surface area contributed by atoms with Crippen molar-refractivity contribution in [3.63, 3.8) is 0 Å². The third kappa shape index (κ3) is 2.30. The lowest BCUT2D eigenvalue weighted by Crippen LogP contribution is -2.31. The Hall–Kier alpha value is -1.61. The second-order valence-electron chi connectivity index (χ2n) is 4.88. The van der Waals surface area contributed by atoms with Crippen molar-refractivity contribution in [1.29, 1.82) is 0 Å². The van der Waals surface area contributed by atoms with Gasteiger partial charge in [0.25, 0.3) is 0 Å². The Morgan fingerprint density at radius 2 is 2.00 bits per heavy atom. The van der Waals surface area contributed by atoms with Gasteiger partial charge in [-0.3, -0.25) is 4.79 Å². The Labute approximate surface area is 117 Å². The van der Waals surface area contributed by atoms with Crippen LogP contribution in [0.5, 0.6) is 0 Å². The summed E-state index contributed by atoms with van der Waals surface area (Å²) < 4.78 is 0. The third-order valence-corrected chi connectivity index (χ3v) is 3.89. The minimum atomic E-state index is 0.633. The van der Waals surface area contributed by atoms with Crippen LogP contribution in [0.25, 0.3) is 10.9 Å². The van der Waals surface area contributed by atoms with Gasteiger partial charge >= 0.3 is 0 Å². The number of hydrogen-bond donors (Lipinski definition) is 0. The highest BCUT2D eigenvalue weighted by atomic mass is 35.5. The molecule has 1 aromatic heterocycles. The molecule has 1 aliphatic heterocycles. The zero-order valence-corrected chi connectivity index (χ0v) is 11.4. The van der Waals surface area contributed by atoms with Gasteiger partial charge in [-0.1, -0.05) is 23.7 Å². The fourth-order valence-electron chi connectivity index (χ4n) is 2.61. The van der Waals surface area contributed by atoms with E-state index < -0.39 is 0 Å². The van der Waals surface area contributed by atoms with Gasteiger partial charge in [-0.2, -0.15) is 0 Å². The van der Waals surface area contributed by atoms with Gasteiger partial charge in [0, 0.05) is 18.5 Å². The van der Waals surface area contributed by atoms with Gasteiger partial charge < -0.3 is 4.90 Å². The summed E-state index contributed by atoms with van der Waals surface area (Å²) in [4.78, 5) is 18.1. The molecule has 0 unspecified atom stereocenters. The molecule has 3 nitrogen and oxygen atoms in total. The highest BCUT2D eigenvalue weighted by Crippen LogP contribution is 2.28. The summed E-state index contributed by atoms with van der Waals surface area (Å²) in [6.45, 7) is 1.92. The van der Waals surface area contributed by atoms with Crippen LogP contribution in [0.4, 0.5) is 5.82 Å². The maximum absolute atomic E-state index is 11.3. The molecule has 0 atom stereocenters. The van der Waals surface area contributed by atoms with E-state index in [2.05, 4.69) is 9.88 Å². The van der Waals surface area contributed by atoms with Crippen LogP contribution in [-0.2, 0) is 0 Å². The number of fused-ring (bicyclic) bond motifs is 1. The van der Waals surface area contributed by atoms with Gasteiger partial charge in [0.15, 0.2) is 6.29 Å². The van der Waals surface area contributed by atoms with Crippen LogP contribution in [0.3, 0.4) is 0 Å². The predicted molar refractivity (Wildman–Crippen MR) is 78.2 cm³/mol. The second kappa shape index (κ2) is 5.17. The average Bonchev–Trinajstić information content (AvgIpc) is 2.47. The van der Waals surface area contributed by atoms with Crippen molar-refractivity contribution in [2.45, 2.75) is 19.3 Å². The molecule has 0 amide bonds. The van der Waals surface area contributed by atoms with Gasteiger partial charge in [-0.25, -0.2) is 4.98 Å². The van der Waals surface area contributed by atoms with Crippen LogP contribution >= 0.6 is 11.6 Å². The monoisotopic (exact) mass is 274 g/mol. The highest BCUT2D eigenvalue weighted by molar-refractivity contribution is 6.35. The molecule has 4 heteroatoms. The summed E-state index contributed by atoms with van der Waals surface area (Å²) in [5.41, 5.74) is 1.42. The molecule has 3 rings (SSSR count). The Kier molecular flexibility index (Phi) is 3.38. The van der Waals surface area contributed by atoms with Crippen molar-refractivity contribution in [3.05, 3.63) is 34.9 Å². The number of benzene rings is 1. The van der Waals surface area contributed by atoms with E-state index in [1.165, 1.54) is 6.42 Å². The standard InChI is InChI=1S/C15H15ClN2O/c16-13-6-4-5-11-9-12(10-19)15(17-14(11)13)18-7-2-1-3-8-18/h4-6,9-10H,1-3,7-8H2. The van der Waals surface area contributed by atoms with E-state index in [1.54, 1.807) is 0 Å². The summed E-state index contributed by atoms with van der Waals surface area (Å²) in [5.74, 6) is 0.773. The number of halogens is 1. The number of hydrogen-bond acceptors (Lipinski definition) is 3. The summed E-state index contributed by atoms with van der Waals surface area (Å²) in [6.07, 6.45) is 4.44. The first-order valence-corrected chi connectivity index (χ1v) is 6.97. The molecular formula is C15H15ClN2O. The normalized spacial score (nSPS) is 15.7. The SMILES string of the molecule is O=Cc1cc2cccc(Cl)c2nc1N1CCCCC1. The number of aldehydes is 1. The van der Waals surface area contributed by atoms with E-state index in [1.807, 2.05) is 24.3 Å². The van der Waals surface area contributed by atoms with Crippen LogP contribution in [-0.4, -0.2) is 24.4 Å². The van der Waals surface area contributed by atoms with E-state index in [4.69, 9.17) is 11.6 Å². The Bertz CT molecular complexity index is 621. The Morgan fingerprint density at radius 3 is 2.74 bits per heavy atom. The number of carbonyl (C=O) groups is 1. The van der Waals surface area contributed by atoms with Crippen molar-refractivity contribution in [1.82, 2.24) is 4.98 Å². The molecule has 0 spiro atoms. The molecule has 1 aromatic carbocycles. The molecule has 1 saturated heterocycles. The zero-order valence-electron chi connectivity index (χ0n) is 10.6. The van der Waals surface area contributed by atoms with Gasteiger partial charge in [0.05, 0.1) is 16.1 Å². The van der Waals surface area contributed by atoms with E-state index >= 15 is 0 Å². The minimum Gasteiger partial charge on any atom is -0.356 e. The van der Waals surface area contributed by atoms with Crippen LogP contribution in [0.15, 0.2) is 24.3 Å². The molecule has 0 aliphatic carbocycles. The first kappa shape index (κ1) is 12.4. The van der Waals surface area contributed by atoms with E-state index in [-0.39, 0.29) is 0 Å². The molecule has 0 saturated carbocycles. The van der Waals surface area contributed by atoms with Crippen molar-refractivity contribution >= 4 is 34.6 Å². The molecule has 98 valence electrons. The smallest absolute Gasteiger partial charge is 0.153 e. The largest absolute Gasteiger partial charge is 0.356 e. The lowest BCUT2D eigenvalue weighted by molar-refractivity contribution is 0.112. The lowest BCUT2D eigenvalue weighted by Gasteiger charge is -2.28. The number of pyridine rings is 1. The van der Waals surface area contributed by atoms with Crippen molar-refractivity contribution < 1.29 is 4.79 Å². The summed E-state index contributed by atoms with van der Waals surface area (Å²) in [6, 6.07) is 7.52. The lowest BCUT2D eigenvalue weighted by atomic mass is 10.1. The number of aromatic nitrogens is 1. The van der Waals surface area contributed by atoms with Gasteiger partial charge in [0.1, 0.15) is 5.82 Å². The van der Waals surface area contributed by atoms with Crippen molar-refractivity contribution in [2.75, 3.05) is 18.0 Å². The van der Waals surface area contributed by atoms with Crippen LogP contribution in [0.2, 0.25) is 5.02 Å². The van der Waals surface area contributed by atoms with E-state index in [9.17, 15) is 4.79 Å². The number of carbonyl (C=O) groups excluding carboxylic acids is 1. The molecule has 2 heterocycles. The maximum Gasteiger partial charge on any atom is 0.153 e. The van der Waals surface area contributed by atoms with Gasteiger partial charge in [-0.15, -0.1) is 0 Å². The van der Waals surface area contributed by atoms with Crippen LogP contribution in [0.1, 0.15) is 29.6 Å². The van der Waals surface area contributed by atoms with Gasteiger partial charge in [0.2, 0.25) is 0 Å². The number of rotatable bonds is 2. The second-order valence-corrected chi connectivity index (χ2v) is 5.29. The number of nitrogens with zero attached hydrogens (tertiary/aromatic N) is 2. The van der Waals surface area contributed by atoms with E-state index in [0.717, 1.165) is 48.9 Å². The van der Waals surface area contributed by atoms with Crippen LogP contribution in [0, 0.1) is 0 Å². The summed E-state index contributed by atoms with van der Waals surface area (Å²) in [7, 11) is 0. The molecule has 1 aliphatic rings. The number of para-hydroxylation sites is 1. The molecule has 19 heavy (non-hydrogen) atoms. The molecule has 0 bridgehead atoms. The zero-order chi connectivity index (χ0) is 13.2. The predicted octanol–water partition coefficient (Wildman–Crippen LogP) is 3.69. The van der Waals surface area contributed by atoms with Crippen molar-refractivity contribution in [2.24, 2.45) is 0 Å². The highest BCUT2D eigenvalue weighted by Gasteiger charge is 2.17. The number of anilines is 1.